The molecular formula is C25H18F6N4O4. The summed E-state index contributed by atoms with van der Waals surface area (Å²) in [5.74, 6) is -0.432. The zero-order chi connectivity index (χ0) is 28.2. The first-order valence-corrected chi connectivity index (χ1v) is 11.1. The van der Waals surface area contributed by atoms with E-state index in [4.69, 9.17) is 4.74 Å². The van der Waals surface area contributed by atoms with Crippen LogP contribution in [-0.4, -0.2) is 33.6 Å². The van der Waals surface area contributed by atoms with Gasteiger partial charge in [-0.2, -0.15) is 0 Å². The second kappa shape index (κ2) is 10.9. The summed E-state index contributed by atoms with van der Waals surface area (Å²) in [7, 11) is 0. The highest BCUT2D eigenvalue weighted by atomic mass is 19.4. The number of benzene rings is 3. The minimum Gasteiger partial charge on any atom is -0.441 e. The Morgan fingerprint density at radius 3 is 1.90 bits per heavy atom. The van der Waals surface area contributed by atoms with Crippen LogP contribution in [0.3, 0.4) is 0 Å². The summed E-state index contributed by atoms with van der Waals surface area (Å²) in [6, 6.07) is 16.5. The second-order valence-electron chi connectivity index (χ2n) is 7.92. The minimum absolute atomic E-state index is 0.325. The molecule has 1 heterocycles. The van der Waals surface area contributed by atoms with Crippen molar-refractivity contribution in [1.29, 1.82) is 0 Å². The third-order valence-corrected chi connectivity index (χ3v) is 5.08. The Hall–Kier alpha value is -4.75. The lowest BCUT2D eigenvalue weighted by atomic mass is 10.1. The number of rotatable bonds is 7. The third-order valence-electron chi connectivity index (χ3n) is 5.08. The van der Waals surface area contributed by atoms with E-state index in [2.05, 4.69) is 24.9 Å². The normalized spacial score (nSPS) is 12.5. The van der Waals surface area contributed by atoms with Gasteiger partial charge in [-0.3, -0.25) is 5.32 Å². The average Bonchev–Trinajstić information content (AvgIpc) is 3.34. The van der Waals surface area contributed by atoms with Crippen LogP contribution in [0.2, 0.25) is 0 Å². The molecule has 3 aromatic carbocycles. The van der Waals surface area contributed by atoms with E-state index in [1.807, 2.05) is 0 Å². The smallest absolute Gasteiger partial charge is 0.441 e. The fourth-order valence-electron chi connectivity index (χ4n) is 3.34. The number of halogens is 6. The summed E-state index contributed by atoms with van der Waals surface area (Å²) >= 11 is 0. The molecule has 0 aliphatic carbocycles. The van der Waals surface area contributed by atoms with Crippen molar-refractivity contribution in [3.63, 3.8) is 0 Å². The van der Waals surface area contributed by atoms with Crippen LogP contribution in [0.15, 0.2) is 79.1 Å². The SMILES string of the molecule is CC(OC(=O)Nc1ccc(-c2ncn(-c3ccc(OC(F)(F)F)cc3)n2)cc1)c1ccc(OC(F)(F)F)cc1. The summed E-state index contributed by atoms with van der Waals surface area (Å²) in [6.45, 7) is 1.56. The van der Waals surface area contributed by atoms with Gasteiger partial charge in [0.2, 0.25) is 0 Å². The summed E-state index contributed by atoms with van der Waals surface area (Å²) in [6.07, 6.45) is -9.75. The van der Waals surface area contributed by atoms with Gasteiger partial charge in [-0.25, -0.2) is 14.5 Å². The first-order valence-electron chi connectivity index (χ1n) is 11.1. The predicted molar refractivity (Wildman–Crippen MR) is 125 cm³/mol. The molecule has 0 bridgehead atoms. The van der Waals surface area contributed by atoms with E-state index in [0.29, 0.717) is 28.3 Å². The van der Waals surface area contributed by atoms with Crippen molar-refractivity contribution in [2.24, 2.45) is 0 Å². The number of aromatic nitrogens is 3. The van der Waals surface area contributed by atoms with Crippen LogP contribution in [0.4, 0.5) is 36.8 Å². The van der Waals surface area contributed by atoms with Gasteiger partial charge in [0.1, 0.15) is 23.9 Å². The van der Waals surface area contributed by atoms with Crippen LogP contribution in [0.1, 0.15) is 18.6 Å². The highest BCUT2D eigenvalue weighted by Crippen LogP contribution is 2.27. The van der Waals surface area contributed by atoms with E-state index in [9.17, 15) is 31.1 Å². The highest BCUT2D eigenvalue weighted by Gasteiger charge is 2.31. The monoisotopic (exact) mass is 552 g/mol. The van der Waals surface area contributed by atoms with E-state index >= 15 is 0 Å². The molecule has 1 N–H and O–H groups in total. The molecule has 14 heteroatoms. The number of ether oxygens (including phenoxy) is 3. The Morgan fingerprint density at radius 1 is 0.821 bits per heavy atom. The number of carbonyl (C=O) groups is 1. The van der Waals surface area contributed by atoms with Gasteiger partial charge in [-0.15, -0.1) is 31.4 Å². The number of hydrogen-bond donors (Lipinski definition) is 1. The molecule has 1 atom stereocenters. The molecule has 1 unspecified atom stereocenters. The molecule has 0 saturated heterocycles. The third kappa shape index (κ3) is 7.87. The van der Waals surface area contributed by atoms with E-state index in [0.717, 1.165) is 24.3 Å². The fourth-order valence-corrected chi connectivity index (χ4v) is 3.34. The number of alkyl halides is 6. The average molecular weight is 552 g/mol. The van der Waals surface area contributed by atoms with Gasteiger partial charge in [-0.1, -0.05) is 12.1 Å². The van der Waals surface area contributed by atoms with Crippen molar-refractivity contribution in [2.45, 2.75) is 25.8 Å². The minimum atomic E-state index is -4.81. The number of carbonyl (C=O) groups excluding carboxylic acids is 1. The van der Waals surface area contributed by atoms with E-state index in [1.54, 1.807) is 31.2 Å². The van der Waals surface area contributed by atoms with Gasteiger partial charge in [0.05, 0.1) is 5.69 Å². The number of nitrogens with zero attached hydrogens (tertiary/aromatic N) is 3. The van der Waals surface area contributed by atoms with Gasteiger partial charge >= 0.3 is 18.8 Å². The Balaban J connectivity index is 1.33. The van der Waals surface area contributed by atoms with Gasteiger partial charge in [-0.05, 0) is 73.2 Å². The summed E-state index contributed by atoms with van der Waals surface area (Å²) in [4.78, 5) is 16.5. The molecule has 4 aromatic rings. The predicted octanol–water partition coefficient (Wildman–Crippen LogP) is 7.04. The van der Waals surface area contributed by atoms with Crippen molar-refractivity contribution in [3.8, 4) is 28.6 Å². The zero-order valence-electron chi connectivity index (χ0n) is 19.8. The van der Waals surface area contributed by atoms with Crippen molar-refractivity contribution in [2.75, 3.05) is 5.32 Å². The van der Waals surface area contributed by atoms with Crippen LogP contribution < -0.4 is 14.8 Å². The lowest BCUT2D eigenvalue weighted by Crippen LogP contribution is -2.17. The molecule has 1 amide bonds. The standard InChI is InChI=1S/C25H18F6N4O4/c1-15(16-4-10-20(11-5-16)38-24(26,27)28)37-23(36)33-18-6-2-17(3-7-18)22-32-14-35(34-22)19-8-12-21(13-9-19)39-25(29,30)31/h2-15H,1H3,(H,33,36). The van der Waals surface area contributed by atoms with E-state index in [1.165, 1.54) is 35.3 Å². The van der Waals surface area contributed by atoms with Crippen LogP contribution in [0.5, 0.6) is 11.5 Å². The molecule has 0 fully saturated rings. The highest BCUT2D eigenvalue weighted by molar-refractivity contribution is 5.85. The molecular weight excluding hydrogens is 534 g/mol. The molecule has 0 radical (unpaired) electrons. The quantitative estimate of drug-likeness (QED) is 0.248. The molecule has 204 valence electrons. The van der Waals surface area contributed by atoms with E-state index < -0.39 is 30.7 Å². The fraction of sp³-hybridized carbons (Fsp3) is 0.160. The molecule has 0 aliphatic rings. The maximum Gasteiger partial charge on any atom is 0.573 e. The Bertz CT molecular complexity index is 1400. The van der Waals surface area contributed by atoms with Gasteiger partial charge in [0.25, 0.3) is 0 Å². The molecule has 1 aromatic heterocycles. The Morgan fingerprint density at radius 2 is 1.36 bits per heavy atom. The summed E-state index contributed by atoms with van der Waals surface area (Å²) in [5.41, 5.74) is 1.91. The molecule has 39 heavy (non-hydrogen) atoms. The second-order valence-corrected chi connectivity index (χ2v) is 7.92. The number of anilines is 1. The van der Waals surface area contributed by atoms with Crippen LogP contribution >= 0.6 is 0 Å². The maximum absolute atomic E-state index is 12.3. The zero-order valence-corrected chi connectivity index (χ0v) is 19.8. The van der Waals surface area contributed by atoms with Crippen molar-refractivity contribution >= 4 is 11.8 Å². The molecule has 0 saturated carbocycles. The summed E-state index contributed by atoms with van der Waals surface area (Å²) in [5, 5.41) is 6.85. The van der Waals surface area contributed by atoms with Crippen molar-refractivity contribution < 1.29 is 45.3 Å². The largest absolute Gasteiger partial charge is 0.573 e. The first kappa shape index (κ1) is 27.3. The van der Waals surface area contributed by atoms with Crippen LogP contribution in [0.25, 0.3) is 17.1 Å². The van der Waals surface area contributed by atoms with E-state index in [-0.39, 0.29) is 5.75 Å². The number of amides is 1. The number of nitrogens with one attached hydrogen (secondary N) is 1. The van der Waals surface area contributed by atoms with Crippen LogP contribution in [0, 0.1) is 0 Å². The topological polar surface area (TPSA) is 87.5 Å². The molecule has 4 rings (SSSR count). The van der Waals surface area contributed by atoms with Gasteiger partial charge in [0.15, 0.2) is 5.82 Å². The molecule has 8 nitrogen and oxygen atoms in total. The number of hydrogen-bond acceptors (Lipinski definition) is 6. The van der Waals surface area contributed by atoms with Crippen LogP contribution in [-0.2, 0) is 4.74 Å². The summed E-state index contributed by atoms with van der Waals surface area (Å²) < 4.78 is 88.1. The molecule has 0 aliphatic heterocycles. The maximum atomic E-state index is 12.3. The molecule has 0 spiro atoms. The van der Waals surface area contributed by atoms with Gasteiger partial charge < -0.3 is 14.2 Å². The lowest BCUT2D eigenvalue weighted by molar-refractivity contribution is -0.275. The van der Waals surface area contributed by atoms with Crippen molar-refractivity contribution in [3.05, 3.63) is 84.7 Å². The lowest BCUT2D eigenvalue weighted by Gasteiger charge is -2.15. The Kier molecular flexibility index (Phi) is 7.65. The van der Waals surface area contributed by atoms with Gasteiger partial charge in [0, 0.05) is 11.3 Å². The first-order chi connectivity index (χ1) is 18.3. The van der Waals surface area contributed by atoms with Crippen molar-refractivity contribution in [1.82, 2.24) is 14.8 Å². The Labute approximate surface area is 216 Å².